The van der Waals surface area contributed by atoms with Gasteiger partial charge < -0.3 is 10.4 Å². The van der Waals surface area contributed by atoms with Crippen molar-refractivity contribution in [2.45, 2.75) is 12.5 Å². The van der Waals surface area contributed by atoms with E-state index in [4.69, 9.17) is 0 Å². The Balaban J connectivity index is 2.22. The number of carbonyl (C=O) groups excluding carboxylic acids is 1. The van der Waals surface area contributed by atoms with Crippen LogP contribution in [0.5, 0.6) is 0 Å². The highest BCUT2D eigenvalue weighted by atomic mass is 16.3. The Morgan fingerprint density at radius 1 is 1.21 bits per heavy atom. The quantitative estimate of drug-likeness (QED) is 0.875. The molecule has 0 saturated carbocycles. The van der Waals surface area contributed by atoms with Crippen LogP contribution in [0.3, 0.4) is 0 Å². The predicted molar refractivity (Wildman–Crippen MR) is 72.6 cm³/mol. The number of aliphatic hydroxyl groups excluding tert-OH is 1. The highest BCUT2D eigenvalue weighted by Crippen LogP contribution is 2.20. The van der Waals surface area contributed by atoms with Gasteiger partial charge in [-0.2, -0.15) is 0 Å². The Labute approximate surface area is 112 Å². The fraction of sp³-hybridized carbons (Fsp3) is 0.200. The zero-order valence-electron chi connectivity index (χ0n) is 10.7. The van der Waals surface area contributed by atoms with Crippen LogP contribution in [0.4, 0.5) is 0 Å². The largest absolute Gasteiger partial charge is 0.394 e. The molecule has 1 aromatic carbocycles. The van der Waals surface area contributed by atoms with E-state index in [2.05, 4.69) is 10.3 Å². The predicted octanol–water partition coefficient (Wildman–Crippen LogP) is 1.72. The lowest BCUT2D eigenvalue weighted by molar-refractivity contribution is 0.0849. The molecule has 0 aliphatic carbocycles. The third-order valence-corrected chi connectivity index (χ3v) is 3.06. The second-order valence-corrected chi connectivity index (χ2v) is 4.55. The van der Waals surface area contributed by atoms with E-state index >= 15 is 0 Å². The monoisotopic (exact) mass is 256 g/mol. The molecule has 2 aromatic rings. The Hall–Kier alpha value is -2.20. The fourth-order valence-corrected chi connectivity index (χ4v) is 1.84. The number of benzene rings is 1. The second-order valence-electron chi connectivity index (χ2n) is 4.55. The molecule has 98 valence electrons. The summed E-state index contributed by atoms with van der Waals surface area (Å²) in [5.74, 6) is -0.234. The Morgan fingerprint density at radius 3 is 2.42 bits per heavy atom. The fourth-order valence-electron chi connectivity index (χ4n) is 1.84. The van der Waals surface area contributed by atoms with Gasteiger partial charge in [-0.05, 0) is 24.6 Å². The van der Waals surface area contributed by atoms with Crippen molar-refractivity contribution in [3.63, 3.8) is 0 Å². The van der Waals surface area contributed by atoms with Crippen molar-refractivity contribution in [2.24, 2.45) is 0 Å². The first-order valence-corrected chi connectivity index (χ1v) is 6.05. The summed E-state index contributed by atoms with van der Waals surface area (Å²) in [6, 6.07) is 12.7. The van der Waals surface area contributed by atoms with Crippen LogP contribution in [-0.2, 0) is 5.54 Å². The molecule has 0 aliphatic rings. The van der Waals surface area contributed by atoms with Crippen LogP contribution in [-0.4, -0.2) is 22.6 Å². The van der Waals surface area contributed by atoms with Gasteiger partial charge in [-0.25, -0.2) is 0 Å². The van der Waals surface area contributed by atoms with Crippen molar-refractivity contribution >= 4 is 5.91 Å². The molecule has 2 rings (SSSR count). The topological polar surface area (TPSA) is 62.2 Å². The van der Waals surface area contributed by atoms with Crippen LogP contribution in [0.15, 0.2) is 54.9 Å². The molecule has 1 heterocycles. The molecule has 2 N–H and O–H groups in total. The SMILES string of the molecule is CC(CO)(NC(=O)c1ccncc1)c1ccccc1. The molecule has 0 spiro atoms. The highest BCUT2D eigenvalue weighted by Gasteiger charge is 2.27. The summed E-state index contributed by atoms with van der Waals surface area (Å²) < 4.78 is 0. The zero-order valence-corrected chi connectivity index (χ0v) is 10.7. The maximum Gasteiger partial charge on any atom is 0.252 e. The Kier molecular flexibility index (Phi) is 3.92. The number of nitrogens with zero attached hydrogens (tertiary/aromatic N) is 1. The molecule has 1 atom stereocenters. The van der Waals surface area contributed by atoms with Crippen molar-refractivity contribution in [1.29, 1.82) is 0 Å². The van der Waals surface area contributed by atoms with E-state index in [1.54, 1.807) is 31.5 Å². The molecular weight excluding hydrogens is 240 g/mol. The van der Waals surface area contributed by atoms with Gasteiger partial charge in [-0.3, -0.25) is 9.78 Å². The molecular formula is C15H16N2O2. The van der Waals surface area contributed by atoms with Crippen LogP contribution in [0.2, 0.25) is 0 Å². The van der Waals surface area contributed by atoms with Crippen molar-refractivity contribution in [3.8, 4) is 0 Å². The average molecular weight is 256 g/mol. The number of pyridine rings is 1. The number of aliphatic hydroxyl groups is 1. The third kappa shape index (κ3) is 2.98. The molecule has 4 nitrogen and oxygen atoms in total. The van der Waals surface area contributed by atoms with Crippen molar-refractivity contribution in [3.05, 3.63) is 66.0 Å². The van der Waals surface area contributed by atoms with E-state index in [0.29, 0.717) is 5.56 Å². The molecule has 1 unspecified atom stereocenters. The summed E-state index contributed by atoms with van der Waals surface area (Å²) in [5.41, 5.74) is 0.576. The lowest BCUT2D eigenvalue weighted by Crippen LogP contribution is -2.46. The van der Waals surface area contributed by atoms with Gasteiger partial charge in [0.15, 0.2) is 0 Å². The minimum Gasteiger partial charge on any atom is -0.394 e. The van der Waals surface area contributed by atoms with E-state index in [9.17, 15) is 9.90 Å². The number of carbonyl (C=O) groups is 1. The van der Waals surface area contributed by atoms with E-state index in [1.807, 2.05) is 30.3 Å². The summed E-state index contributed by atoms with van der Waals surface area (Å²) >= 11 is 0. The van der Waals surface area contributed by atoms with Crippen LogP contribution < -0.4 is 5.32 Å². The first kappa shape index (κ1) is 13.2. The van der Waals surface area contributed by atoms with Gasteiger partial charge >= 0.3 is 0 Å². The van der Waals surface area contributed by atoms with E-state index < -0.39 is 5.54 Å². The number of hydrogen-bond acceptors (Lipinski definition) is 3. The van der Waals surface area contributed by atoms with E-state index in [0.717, 1.165) is 5.56 Å². The molecule has 1 amide bonds. The molecule has 1 aromatic heterocycles. The second kappa shape index (κ2) is 5.63. The van der Waals surface area contributed by atoms with Gasteiger partial charge in [-0.15, -0.1) is 0 Å². The van der Waals surface area contributed by atoms with Crippen molar-refractivity contribution in [1.82, 2.24) is 10.3 Å². The molecule has 0 fully saturated rings. The maximum absolute atomic E-state index is 12.1. The third-order valence-electron chi connectivity index (χ3n) is 3.06. The Morgan fingerprint density at radius 2 is 1.84 bits per heavy atom. The molecule has 0 radical (unpaired) electrons. The van der Waals surface area contributed by atoms with Crippen molar-refractivity contribution in [2.75, 3.05) is 6.61 Å². The minimum absolute atomic E-state index is 0.173. The van der Waals surface area contributed by atoms with Gasteiger partial charge in [0.25, 0.3) is 5.91 Å². The molecule has 4 heteroatoms. The van der Waals surface area contributed by atoms with E-state index in [1.165, 1.54) is 0 Å². The summed E-state index contributed by atoms with van der Waals surface area (Å²) in [6.45, 7) is 1.62. The first-order valence-electron chi connectivity index (χ1n) is 6.05. The van der Waals surface area contributed by atoms with E-state index in [-0.39, 0.29) is 12.5 Å². The average Bonchev–Trinajstić information content (AvgIpc) is 2.49. The number of rotatable bonds is 4. The van der Waals surface area contributed by atoms with Gasteiger partial charge in [-0.1, -0.05) is 30.3 Å². The highest BCUT2D eigenvalue weighted by molar-refractivity contribution is 5.94. The summed E-state index contributed by atoms with van der Waals surface area (Å²) in [4.78, 5) is 16.0. The lowest BCUT2D eigenvalue weighted by Gasteiger charge is -2.29. The van der Waals surface area contributed by atoms with Crippen LogP contribution in [0.1, 0.15) is 22.8 Å². The molecule has 0 bridgehead atoms. The lowest BCUT2D eigenvalue weighted by atomic mass is 9.92. The van der Waals surface area contributed by atoms with Crippen LogP contribution in [0, 0.1) is 0 Å². The molecule has 19 heavy (non-hydrogen) atoms. The maximum atomic E-state index is 12.1. The molecule has 0 aliphatic heterocycles. The van der Waals surface area contributed by atoms with Crippen LogP contribution >= 0.6 is 0 Å². The number of hydrogen-bond donors (Lipinski definition) is 2. The summed E-state index contributed by atoms with van der Waals surface area (Å²) in [6.07, 6.45) is 3.13. The number of aromatic nitrogens is 1. The summed E-state index contributed by atoms with van der Waals surface area (Å²) in [5, 5.41) is 12.5. The summed E-state index contributed by atoms with van der Waals surface area (Å²) in [7, 11) is 0. The normalized spacial score (nSPS) is 13.6. The minimum atomic E-state index is -0.804. The smallest absolute Gasteiger partial charge is 0.252 e. The molecule has 0 saturated heterocycles. The number of nitrogens with one attached hydrogen (secondary N) is 1. The van der Waals surface area contributed by atoms with Crippen LogP contribution in [0.25, 0.3) is 0 Å². The standard InChI is InChI=1S/C15H16N2O2/c1-15(11-18,13-5-3-2-4-6-13)17-14(19)12-7-9-16-10-8-12/h2-10,18H,11H2,1H3,(H,17,19). The first-order chi connectivity index (χ1) is 9.15. The van der Waals surface area contributed by atoms with Gasteiger partial charge in [0.1, 0.15) is 0 Å². The van der Waals surface area contributed by atoms with Crippen molar-refractivity contribution < 1.29 is 9.90 Å². The Bertz CT molecular complexity index is 543. The van der Waals surface area contributed by atoms with Gasteiger partial charge in [0.2, 0.25) is 0 Å². The van der Waals surface area contributed by atoms with Gasteiger partial charge in [0.05, 0.1) is 12.1 Å². The van der Waals surface area contributed by atoms with Gasteiger partial charge in [0, 0.05) is 18.0 Å². The zero-order chi connectivity index (χ0) is 13.7. The number of amides is 1.